The molecule has 0 amide bonds. The molecule has 2 nitrogen and oxygen atoms in total. The Morgan fingerprint density at radius 1 is 1.44 bits per heavy atom. The van der Waals surface area contributed by atoms with Gasteiger partial charge in [0.25, 0.3) is 0 Å². The van der Waals surface area contributed by atoms with Crippen LogP contribution in [0.15, 0.2) is 18.2 Å². The number of hydrogen-bond donors (Lipinski definition) is 0. The molecule has 1 fully saturated rings. The van der Waals surface area contributed by atoms with Crippen molar-refractivity contribution in [3.63, 3.8) is 0 Å². The minimum Gasteiger partial charge on any atom is -0.368 e. The normalized spacial score (nSPS) is 20.6. The fourth-order valence-electron chi connectivity index (χ4n) is 2.30. The molecular weight excluding hydrogens is 203 g/mol. The lowest BCUT2D eigenvalue weighted by Gasteiger charge is -2.35. The summed E-state index contributed by atoms with van der Waals surface area (Å²) in [7, 11) is 0. The molecule has 1 aliphatic rings. The van der Waals surface area contributed by atoms with Crippen molar-refractivity contribution in [1.29, 1.82) is 5.26 Å². The van der Waals surface area contributed by atoms with E-state index in [1.165, 1.54) is 18.6 Å². The molecule has 1 aliphatic heterocycles. The molecule has 2 rings (SSSR count). The van der Waals surface area contributed by atoms with Gasteiger partial charge in [-0.05, 0) is 44.4 Å². The molecule has 0 radical (unpaired) electrons. The summed E-state index contributed by atoms with van der Waals surface area (Å²) in [4.78, 5) is 2.21. The topological polar surface area (TPSA) is 27.0 Å². The first-order valence-corrected chi connectivity index (χ1v) is 5.68. The first kappa shape index (κ1) is 10.9. The number of nitrogens with zero attached hydrogens (tertiary/aromatic N) is 2. The van der Waals surface area contributed by atoms with Crippen molar-refractivity contribution in [3.8, 4) is 6.07 Å². The van der Waals surface area contributed by atoms with Crippen LogP contribution < -0.4 is 4.90 Å². The number of benzene rings is 1. The smallest absolute Gasteiger partial charge is 0.124 e. The standard InChI is InChI=1S/C13H15FN2/c1-10-4-2-3-7-16(10)13-6-5-12(14)8-11(13)9-15/h5-6,8,10H,2-4,7H2,1H3. The summed E-state index contributed by atoms with van der Waals surface area (Å²) >= 11 is 0. The van der Waals surface area contributed by atoms with Gasteiger partial charge in [0.05, 0.1) is 11.3 Å². The number of anilines is 1. The Hall–Kier alpha value is -1.56. The van der Waals surface area contributed by atoms with Crippen molar-refractivity contribution >= 4 is 5.69 Å². The third kappa shape index (κ3) is 2.01. The zero-order chi connectivity index (χ0) is 11.5. The van der Waals surface area contributed by atoms with Gasteiger partial charge in [0.2, 0.25) is 0 Å². The van der Waals surface area contributed by atoms with Gasteiger partial charge in [0.1, 0.15) is 11.9 Å². The van der Waals surface area contributed by atoms with Crippen molar-refractivity contribution in [3.05, 3.63) is 29.6 Å². The highest BCUT2D eigenvalue weighted by molar-refractivity contribution is 5.60. The van der Waals surface area contributed by atoms with Crippen molar-refractivity contribution in [2.75, 3.05) is 11.4 Å². The average molecular weight is 218 g/mol. The Morgan fingerprint density at radius 3 is 2.94 bits per heavy atom. The molecule has 1 saturated heterocycles. The van der Waals surface area contributed by atoms with E-state index in [4.69, 9.17) is 5.26 Å². The predicted molar refractivity (Wildman–Crippen MR) is 61.8 cm³/mol. The van der Waals surface area contributed by atoms with Crippen LogP contribution in [0.2, 0.25) is 0 Å². The number of hydrogen-bond acceptors (Lipinski definition) is 2. The van der Waals surface area contributed by atoms with Crippen LogP contribution in [-0.2, 0) is 0 Å². The van der Waals surface area contributed by atoms with Gasteiger partial charge in [-0.3, -0.25) is 0 Å². The second kappa shape index (κ2) is 4.52. The van der Waals surface area contributed by atoms with Crippen LogP contribution in [0, 0.1) is 17.1 Å². The zero-order valence-corrected chi connectivity index (χ0v) is 9.41. The molecule has 0 aliphatic carbocycles. The van der Waals surface area contributed by atoms with Crippen LogP contribution in [0.5, 0.6) is 0 Å². The highest BCUT2D eigenvalue weighted by atomic mass is 19.1. The Kier molecular flexibility index (Phi) is 3.09. The molecule has 1 aromatic rings. The third-order valence-electron chi connectivity index (χ3n) is 3.19. The van der Waals surface area contributed by atoms with E-state index in [1.807, 2.05) is 0 Å². The average Bonchev–Trinajstić information content (AvgIpc) is 2.30. The highest BCUT2D eigenvalue weighted by Crippen LogP contribution is 2.27. The summed E-state index contributed by atoms with van der Waals surface area (Å²) in [5.74, 6) is -0.343. The summed E-state index contributed by atoms with van der Waals surface area (Å²) in [6.07, 6.45) is 3.52. The van der Waals surface area contributed by atoms with Gasteiger partial charge in [0.15, 0.2) is 0 Å². The lowest BCUT2D eigenvalue weighted by molar-refractivity contribution is 0.484. The Bertz CT molecular complexity index is 422. The van der Waals surface area contributed by atoms with E-state index in [0.717, 1.165) is 25.1 Å². The third-order valence-corrected chi connectivity index (χ3v) is 3.19. The van der Waals surface area contributed by atoms with Crippen molar-refractivity contribution in [1.82, 2.24) is 0 Å². The van der Waals surface area contributed by atoms with E-state index in [0.29, 0.717) is 11.6 Å². The zero-order valence-electron chi connectivity index (χ0n) is 9.41. The van der Waals surface area contributed by atoms with Gasteiger partial charge in [-0.15, -0.1) is 0 Å². The predicted octanol–water partition coefficient (Wildman–Crippen LogP) is 3.08. The Balaban J connectivity index is 2.35. The van der Waals surface area contributed by atoms with E-state index in [-0.39, 0.29) is 5.82 Å². The second-order valence-electron chi connectivity index (χ2n) is 4.31. The summed E-state index contributed by atoms with van der Waals surface area (Å²) < 4.78 is 13.0. The van der Waals surface area contributed by atoms with Crippen molar-refractivity contribution in [2.45, 2.75) is 32.2 Å². The first-order chi connectivity index (χ1) is 7.72. The largest absolute Gasteiger partial charge is 0.368 e. The number of nitriles is 1. The van der Waals surface area contributed by atoms with Gasteiger partial charge < -0.3 is 4.90 Å². The minimum absolute atomic E-state index is 0.343. The Morgan fingerprint density at radius 2 is 2.25 bits per heavy atom. The fourth-order valence-corrected chi connectivity index (χ4v) is 2.30. The SMILES string of the molecule is CC1CCCCN1c1ccc(F)cc1C#N. The minimum atomic E-state index is -0.343. The maximum Gasteiger partial charge on any atom is 0.124 e. The molecular formula is C13H15FN2. The van der Waals surface area contributed by atoms with Gasteiger partial charge >= 0.3 is 0 Å². The van der Waals surface area contributed by atoms with Crippen molar-refractivity contribution < 1.29 is 4.39 Å². The van der Waals surface area contributed by atoms with Gasteiger partial charge in [-0.1, -0.05) is 0 Å². The molecule has 1 aromatic carbocycles. The van der Waals surface area contributed by atoms with Gasteiger partial charge in [-0.25, -0.2) is 4.39 Å². The van der Waals surface area contributed by atoms with Crippen LogP contribution in [0.1, 0.15) is 31.7 Å². The highest BCUT2D eigenvalue weighted by Gasteiger charge is 2.20. The molecule has 84 valence electrons. The summed E-state index contributed by atoms with van der Waals surface area (Å²) in [5, 5.41) is 9.02. The van der Waals surface area contributed by atoms with Crippen LogP contribution in [0.4, 0.5) is 10.1 Å². The molecule has 1 unspecified atom stereocenters. The van der Waals surface area contributed by atoms with Crippen LogP contribution in [0.3, 0.4) is 0 Å². The van der Waals surface area contributed by atoms with E-state index >= 15 is 0 Å². The summed E-state index contributed by atoms with van der Waals surface area (Å²) in [6, 6.07) is 6.97. The summed E-state index contributed by atoms with van der Waals surface area (Å²) in [5.41, 5.74) is 1.31. The molecule has 3 heteroatoms. The summed E-state index contributed by atoms with van der Waals surface area (Å²) in [6.45, 7) is 3.12. The number of piperidine rings is 1. The molecule has 1 atom stereocenters. The lowest BCUT2D eigenvalue weighted by Crippen LogP contribution is -2.37. The van der Waals surface area contributed by atoms with E-state index < -0.39 is 0 Å². The molecule has 0 N–H and O–H groups in total. The van der Waals surface area contributed by atoms with Crippen LogP contribution >= 0.6 is 0 Å². The van der Waals surface area contributed by atoms with E-state index in [1.54, 1.807) is 6.07 Å². The molecule has 0 saturated carbocycles. The Labute approximate surface area is 95.3 Å². The lowest BCUT2D eigenvalue weighted by atomic mass is 10.0. The molecule has 0 bridgehead atoms. The van der Waals surface area contributed by atoms with Crippen LogP contribution in [-0.4, -0.2) is 12.6 Å². The molecule has 16 heavy (non-hydrogen) atoms. The second-order valence-corrected chi connectivity index (χ2v) is 4.31. The van der Waals surface area contributed by atoms with Gasteiger partial charge in [0, 0.05) is 12.6 Å². The van der Waals surface area contributed by atoms with E-state index in [9.17, 15) is 4.39 Å². The monoisotopic (exact) mass is 218 g/mol. The van der Waals surface area contributed by atoms with Crippen LogP contribution in [0.25, 0.3) is 0 Å². The maximum absolute atomic E-state index is 13.0. The van der Waals surface area contributed by atoms with Gasteiger partial charge in [-0.2, -0.15) is 5.26 Å². The first-order valence-electron chi connectivity index (χ1n) is 5.68. The number of halogens is 1. The maximum atomic E-state index is 13.0. The van der Waals surface area contributed by atoms with Crippen molar-refractivity contribution in [2.24, 2.45) is 0 Å². The molecule has 0 aromatic heterocycles. The number of rotatable bonds is 1. The fraction of sp³-hybridized carbons (Fsp3) is 0.462. The molecule has 1 heterocycles. The quantitative estimate of drug-likeness (QED) is 0.724. The molecule has 0 spiro atoms. The van der Waals surface area contributed by atoms with E-state index in [2.05, 4.69) is 17.9 Å².